The Balaban J connectivity index is 1.58. The van der Waals surface area contributed by atoms with Crippen molar-refractivity contribution in [2.24, 2.45) is 5.92 Å². The minimum absolute atomic E-state index is 0.0478. The molecule has 136 valence electrons. The van der Waals surface area contributed by atoms with Gasteiger partial charge in [0, 0.05) is 4.88 Å². The van der Waals surface area contributed by atoms with Crippen molar-refractivity contribution in [2.45, 2.75) is 45.7 Å². The van der Waals surface area contributed by atoms with Crippen molar-refractivity contribution in [3.63, 3.8) is 0 Å². The van der Waals surface area contributed by atoms with E-state index in [2.05, 4.69) is 17.2 Å². The summed E-state index contributed by atoms with van der Waals surface area (Å²) in [5.41, 5.74) is 1.02. The van der Waals surface area contributed by atoms with E-state index >= 15 is 0 Å². The van der Waals surface area contributed by atoms with E-state index in [1.54, 1.807) is 23.7 Å². The SMILES string of the molecule is C[C@@H]1CCc2c(sc3ncn(CC(=O)N[C@H](C)c4ccco4)c(=O)c23)C1. The molecule has 0 aromatic carbocycles. The summed E-state index contributed by atoms with van der Waals surface area (Å²) in [5, 5.41) is 3.55. The lowest BCUT2D eigenvalue weighted by Crippen LogP contribution is -2.34. The first-order valence-electron chi connectivity index (χ1n) is 8.85. The third-order valence-electron chi connectivity index (χ3n) is 4.94. The molecule has 0 saturated heterocycles. The molecule has 7 heteroatoms. The van der Waals surface area contributed by atoms with E-state index < -0.39 is 0 Å². The van der Waals surface area contributed by atoms with Crippen LogP contribution >= 0.6 is 11.3 Å². The van der Waals surface area contributed by atoms with Crippen molar-refractivity contribution < 1.29 is 9.21 Å². The van der Waals surface area contributed by atoms with Gasteiger partial charge in [0.15, 0.2) is 0 Å². The van der Waals surface area contributed by atoms with Gasteiger partial charge in [-0.3, -0.25) is 14.2 Å². The van der Waals surface area contributed by atoms with Crippen LogP contribution in [0, 0.1) is 5.92 Å². The molecule has 6 nitrogen and oxygen atoms in total. The third-order valence-corrected chi connectivity index (χ3v) is 6.11. The number of hydrogen-bond acceptors (Lipinski definition) is 5. The molecule has 1 aliphatic carbocycles. The largest absolute Gasteiger partial charge is 0.467 e. The number of hydrogen-bond donors (Lipinski definition) is 1. The number of fused-ring (bicyclic) bond motifs is 3. The van der Waals surface area contributed by atoms with Crippen LogP contribution in [0.1, 0.15) is 42.5 Å². The van der Waals surface area contributed by atoms with E-state index in [1.165, 1.54) is 15.8 Å². The number of nitrogens with one attached hydrogen (secondary N) is 1. The zero-order valence-electron chi connectivity index (χ0n) is 14.8. The van der Waals surface area contributed by atoms with Gasteiger partial charge in [0.1, 0.15) is 17.1 Å². The molecule has 0 bridgehead atoms. The molecule has 1 amide bonds. The Morgan fingerprint density at radius 1 is 1.54 bits per heavy atom. The van der Waals surface area contributed by atoms with Crippen LogP contribution in [-0.2, 0) is 24.2 Å². The molecule has 4 rings (SSSR count). The van der Waals surface area contributed by atoms with Crippen molar-refractivity contribution >= 4 is 27.5 Å². The summed E-state index contributed by atoms with van der Waals surface area (Å²) in [5.74, 6) is 1.09. The third kappa shape index (κ3) is 3.07. The summed E-state index contributed by atoms with van der Waals surface area (Å²) >= 11 is 1.62. The Morgan fingerprint density at radius 3 is 3.15 bits per heavy atom. The van der Waals surface area contributed by atoms with Crippen molar-refractivity contribution in [3.8, 4) is 0 Å². The number of thiophene rings is 1. The molecular formula is C19H21N3O3S. The van der Waals surface area contributed by atoms with E-state index in [4.69, 9.17) is 4.42 Å². The number of amides is 1. The number of aryl methyl sites for hydroxylation is 1. The quantitative estimate of drug-likeness (QED) is 0.765. The minimum Gasteiger partial charge on any atom is -0.467 e. The molecule has 0 radical (unpaired) electrons. The molecule has 26 heavy (non-hydrogen) atoms. The summed E-state index contributed by atoms with van der Waals surface area (Å²) in [6, 6.07) is 3.34. The summed E-state index contributed by atoms with van der Waals surface area (Å²) in [7, 11) is 0. The summed E-state index contributed by atoms with van der Waals surface area (Å²) in [6.07, 6.45) is 6.07. The fourth-order valence-electron chi connectivity index (χ4n) is 3.53. The van der Waals surface area contributed by atoms with Gasteiger partial charge in [-0.15, -0.1) is 11.3 Å². The average Bonchev–Trinajstić information content (AvgIpc) is 3.24. The Hall–Kier alpha value is -2.41. The topological polar surface area (TPSA) is 77.1 Å². The average molecular weight is 371 g/mol. The van der Waals surface area contributed by atoms with Crippen molar-refractivity contribution in [1.29, 1.82) is 0 Å². The zero-order valence-corrected chi connectivity index (χ0v) is 15.6. The van der Waals surface area contributed by atoms with Gasteiger partial charge in [-0.1, -0.05) is 6.92 Å². The highest BCUT2D eigenvalue weighted by atomic mass is 32.1. The normalized spacial score (nSPS) is 17.8. The van der Waals surface area contributed by atoms with Gasteiger partial charge in [-0.2, -0.15) is 0 Å². The smallest absolute Gasteiger partial charge is 0.262 e. The van der Waals surface area contributed by atoms with Gasteiger partial charge in [0.05, 0.1) is 24.0 Å². The molecule has 0 fully saturated rings. The van der Waals surface area contributed by atoms with E-state index in [1.807, 2.05) is 13.0 Å². The summed E-state index contributed by atoms with van der Waals surface area (Å²) in [4.78, 5) is 31.8. The molecule has 3 heterocycles. The Bertz CT molecular complexity index is 1000. The molecule has 0 unspecified atom stereocenters. The summed E-state index contributed by atoms with van der Waals surface area (Å²) < 4.78 is 6.69. The van der Waals surface area contributed by atoms with Crippen LogP contribution in [0.25, 0.3) is 10.2 Å². The maximum absolute atomic E-state index is 12.9. The molecule has 1 N–H and O–H groups in total. The second-order valence-corrected chi connectivity index (χ2v) is 8.10. The van der Waals surface area contributed by atoms with Gasteiger partial charge >= 0.3 is 0 Å². The van der Waals surface area contributed by atoms with Crippen molar-refractivity contribution in [2.75, 3.05) is 0 Å². The lowest BCUT2D eigenvalue weighted by molar-refractivity contribution is -0.122. The second-order valence-electron chi connectivity index (χ2n) is 7.01. The van der Waals surface area contributed by atoms with Crippen LogP contribution in [0.4, 0.5) is 0 Å². The number of carbonyl (C=O) groups is 1. The number of rotatable bonds is 4. The predicted molar refractivity (Wildman–Crippen MR) is 100 cm³/mol. The fourth-order valence-corrected chi connectivity index (χ4v) is 4.87. The number of nitrogens with zero attached hydrogens (tertiary/aromatic N) is 2. The Morgan fingerprint density at radius 2 is 2.38 bits per heavy atom. The maximum atomic E-state index is 12.9. The van der Waals surface area contributed by atoms with Gasteiger partial charge in [-0.05, 0) is 49.8 Å². The molecule has 3 aromatic heterocycles. The molecule has 2 atom stereocenters. The highest BCUT2D eigenvalue weighted by molar-refractivity contribution is 7.18. The van der Waals surface area contributed by atoms with Gasteiger partial charge in [0.2, 0.25) is 5.91 Å². The first-order valence-corrected chi connectivity index (χ1v) is 9.67. The van der Waals surface area contributed by atoms with Crippen LogP contribution < -0.4 is 10.9 Å². The van der Waals surface area contributed by atoms with Crippen LogP contribution in [0.5, 0.6) is 0 Å². The van der Waals surface area contributed by atoms with E-state index in [0.717, 1.165) is 29.7 Å². The molecule has 0 saturated carbocycles. The van der Waals surface area contributed by atoms with Crippen LogP contribution in [0.2, 0.25) is 0 Å². The Labute approximate surface area is 154 Å². The van der Waals surface area contributed by atoms with Crippen LogP contribution in [0.3, 0.4) is 0 Å². The highest BCUT2D eigenvalue weighted by Gasteiger charge is 2.23. The zero-order chi connectivity index (χ0) is 18.3. The Kier molecular flexibility index (Phi) is 4.40. The lowest BCUT2D eigenvalue weighted by Gasteiger charge is -2.17. The predicted octanol–water partition coefficient (Wildman–Crippen LogP) is 3.05. The summed E-state index contributed by atoms with van der Waals surface area (Å²) in [6.45, 7) is 4.04. The molecule has 3 aromatic rings. The first kappa shape index (κ1) is 17.0. The van der Waals surface area contributed by atoms with Crippen molar-refractivity contribution in [3.05, 3.63) is 51.3 Å². The number of carbonyl (C=O) groups excluding carboxylic acids is 1. The van der Waals surface area contributed by atoms with Crippen LogP contribution in [-0.4, -0.2) is 15.5 Å². The van der Waals surface area contributed by atoms with Gasteiger partial charge in [0.25, 0.3) is 5.56 Å². The monoisotopic (exact) mass is 371 g/mol. The fraction of sp³-hybridized carbons (Fsp3) is 0.421. The van der Waals surface area contributed by atoms with Crippen LogP contribution in [0.15, 0.2) is 33.9 Å². The minimum atomic E-state index is -0.250. The van der Waals surface area contributed by atoms with Gasteiger partial charge in [-0.25, -0.2) is 4.98 Å². The van der Waals surface area contributed by atoms with E-state index in [-0.39, 0.29) is 24.1 Å². The standard InChI is InChI=1S/C19H21N3O3S/c1-11-5-6-13-15(8-11)26-18-17(13)19(24)22(10-20-18)9-16(23)21-12(2)14-4-3-7-25-14/h3-4,7,10-12H,5-6,8-9H2,1-2H3,(H,21,23)/t11-,12-/m1/s1. The van der Waals surface area contributed by atoms with E-state index in [9.17, 15) is 9.59 Å². The van der Waals surface area contributed by atoms with Crippen molar-refractivity contribution in [1.82, 2.24) is 14.9 Å². The number of furan rings is 1. The molecule has 0 aliphatic heterocycles. The van der Waals surface area contributed by atoms with E-state index in [0.29, 0.717) is 17.1 Å². The lowest BCUT2D eigenvalue weighted by atomic mass is 9.89. The number of aromatic nitrogens is 2. The highest BCUT2D eigenvalue weighted by Crippen LogP contribution is 2.35. The van der Waals surface area contributed by atoms with Gasteiger partial charge < -0.3 is 9.73 Å². The molecule has 1 aliphatic rings. The molecular weight excluding hydrogens is 350 g/mol. The second kappa shape index (κ2) is 6.72. The molecule has 0 spiro atoms. The first-order chi connectivity index (χ1) is 12.5. The maximum Gasteiger partial charge on any atom is 0.262 e.